The van der Waals surface area contributed by atoms with Gasteiger partial charge in [-0.25, -0.2) is 4.79 Å². The number of hydrogen-bond donors (Lipinski definition) is 2. The third-order valence-electron chi connectivity index (χ3n) is 5.04. The highest BCUT2D eigenvalue weighted by atomic mass is 16.6. The van der Waals surface area contributed by atoms with Crippen molar-refractivity contribution in [1.29, 1.82) is 0 Å². The number of nitro benzene ring substituents is 1. The summed E-state index contributed by atoms with van der Waals surface area (Å²) in [5.41, 5.74) is -1.11. The maximum absolute atomic E-state index is 13.0. The minimum atomic E-state index is -1.54. The Labute approximate surface area is 189 Å². The lowest BCUT2D eigenvalue weighted by Gasteiger charge is -2.22. The van der Waals surface area contributed by atoms with Crippen LogP contribution in [0, 0.1) is 10.1 Å². The number of carbonyl (C=O) groups excluding carboxylic acids is 3. The van der Waals surface area contributed by atoms with Gasteiger partial charge in [-0.15, -0.1) is 0 Å². The first-order valence-electron chi connectivity index (χ1n) is 10.3. The fourth-order valence-corrected chi connectivity index (χ4v) is 3.44. The van der Waals surface area contributed by atoms with Crippen molar-refractivity contribution in [3.63, 3.8) is 0 Å². The second-order valence-electron chi connectivity index (χ2n) is 7.33. The summed E-state index contributed by atoms with van der Waals surface area (Å²) in [6.45, 7) is 5.40. The first-order valence-corrected chi connectivity index (χ1v) is 10.3. The van der Waals surface area contributed by atoms with Crippen LogP contribution < -0.4 is 20.1 Å². The largest absolute Gasteiger partial charge is 0.490 e. The van der Waals surface area contributed by atoms with E-state index in [4.69, 9.17) is 9.47 Å². The average molecular weight is 456 g/mol. The third-order valence-corrected chi connectivity index (χ3v) is 5.04. The third kappa shape index (κ3) is 4.86. The number of amides is 4. The lowest BCUT2D eigenvalue weighted by Crippen LogP contribution is -2.42. The molecular weight excluding hydrogens is 432 g/mol. The highest BCUT2D eigenvalue weighted by molar-refractivity contribution is 6.10. The van der Waals surface area contributed by atoms with Crippen molar-refractivity contribution in [3.8, 4) is 11.5 Å². The minimum Gasteiger partial charge on any atom is -0.490 e. The molecule has 1 fully saturated rings. The Morgan fingerprint density at radius 2 is 1.82 bits per heavy atom. The molecule has 2 aromatic rings. The molecule has 0 aromatic heterocycles. The zero-order valence-corrected chi connectivity index (χ0v) is 18.4. The van der Waals surface area contributed by atoms with Gasteiger partial charge in [0.05, 0.1) is 18.1 Å². The van der Waals surface area contributed by atoms with Crippen molar-refractivity contribution < 1.29 is 28.8 Å². The van der Waals surface area contributed by atoms with Gasteiger partial charge in [-0.05, 0) is 38.5 Å². The van der Waals surface area contributed by atoms with Crippen LogP contribution in [-0.2, 0) is 15.1 Å². The van der Waals surface area contributed by atoms with E-state index in [-0.39, 0.29) is 11.3 Å². The standard InChI is InChI=1S/C22H24N4O7/c1-4-32-17-10-9-15(12-18(17)33-5-2)23-19(27)13-25-20(28)22(3,24-21(25)29)14-7-6-8-16(11-14)26(30)31/h6-12H,4-5,13H2,1-3H3,(H,23,27)(H,24,29). The summed E-state index contributed by atoms with van der Waals surface area (Å²) in [6.07, 6.45) is 0. The van der Waals surface area contributed by atoms with Crippen molar-refractivity contribution in [2.45, 2.75) is 26.3 Å². The van der Waals surface area contributed by atoms with Crippen LogP contribution in [0.1, 0.15) is 26.3 Å². The number of nitrogens with zero attached hydrogens (tertiary/aromatic N) is 2. The molecule has 2 N–H and O–H groups in total. The number of non-ortho nitro benzene ring substituents is 1. The van der Waals surface area contributed by atoms with Gasteiger partial charge in [0.15, 0.2) is 11.5 Å². The minimum absolute atomic E-state index is 0.215. The molecule has 174 valence electrons. The predicted octanol–water partition coefficient (Wildman–Crippen LogP) is 2.80. The molecule has 11 nitrogen and oxygen atoms in total. The van der Waals surface area contributed by atoms with Gasteiger partial charge in [0, 0.05) is 23.9 Å². The van der Waals surface area contributed by atoms with Gasteiger partial charge in [0.1, 0.15) is 12.1 Å². The summed E-state index contributed by atoms with van der Waals surface area (Å²) in [5, 5.41) is 16.2. The fourth-order valence-electron chi connectivity index (χ4n) is 3.44. The van der Waals surface area contributed by atoms with E-state index in [2.05, 4.69) is 10.6 Å². The second-order valence-corrected chi connectivity index (χ2v) is 7.33. The van der Waals surface area contributed by atoms with Crippen molar-refractivity contribution in [3.05, 3.63) is 58.1 Å². The number of imide groups is 1. The molecule has 1 aliphatic heterocycles. The van der Waals surface area contributed by atoms with E-state index < -0.39 is 34.9 Å². The topological polar surface area (TPSA) is 140 Å². The van der Waals surface area contributed by atoms with Gasteiger partial charge >= 0.3 is 6.03 Å². The Kier molecular flexibility index (Phi) is 6.80. The lowest BCUT2D eigenvalue weighted by molar-refractivity contribution is -0.385. The summed E-state index contributed by atoms with van der Waals surface area (Å²) >= 11 is 0. The molecule has 11 heteroatoms. The summed E-state index contributed by atoms with van der Waals surface area (Å²) in [4.78, 5) is 49.3. The zero-order chi connectivity index (χ0) is 24.2. The van der Waals surface area contributed by atoms with Crippen molar-refractivity contribution >= 4 is 29.2 Å². The quantitative estimate of drug-likeness (QED) is 0.336. The molecule has 0 radical (unpaired) electrons. The molecule has 0 aliphatic carbocycles. The molecule has 1 atom stereocenters. The Balaban J connectivity index is 1.75. The second kappa shape index (κ2) is 9.55. The van der Waals surface area contributed by atoms with Gasteiger partial charge in [-0.1, -0.05) is 12.1 Å². The van der Waals surface area contributed by atoms with Crippen LogP contribution in [0.4, 0.5) is 16.2 Å². The van der Waals surface area contributed by atoms with Crippen LogP contribution in [-0.4, -0.2) is 47.4 Å². The summed E-state index contributed by atoms with van der Waals surface area (Å²) in [5.74, 6) is -0.317. The first-order chi connectivity index (χ1) is 15.7. The number of rotatable bonds is 9. The number of nitro groups is 1. The Hall–Kier alpha value is -4.15. The monoisotopic (exact) mass is 456 g/mol. The van der Waals surface area contributed by atoms with Crippen LogP contribution in [0.3, 0.4) is 0 Å². The molecule has 1 saturated heterocycles. The van der Waals surface area contributed by atoms with Crippen LogP contribution in [0.2, 0.25) is 0 Å². The van der Waals surface area contributed by atoms with Gasteiger partial charge in [0.25, 0.3) is 11.6 Å². The summed E-state index contributed by atoms with van der Waals surface area (Å²) in [6, 6.07) is 9.52. The Morgan fingerprint density at radius 1 is 1.12 bits per heavy atom. The number of benzene rings is 2. The van der Waals surface area contributed by atoms with Gasteiger partial charge < -0.3 is 20.1 Å². The van der Waals surface area contributed by atoms with Crippen LogP contribution in [0.15, 0.2) is 42.5 Å². The van der Waals surface area contributed by atoms with Crippen LogP contribution in [0.25, 0.3) is 0 Å². The zero-order valence-electron chi connectivity index (χ0n) is 18.4. The number of carbonyl (C=O) groups is 3. The molecule has 4 amide bonds. The van der Waals surface area contributed by atoms with E-state index in [0.29, 0.717) is 30.4 Å². The van der Waals surface area contributed by atoms with Crippen molar-refractivity contribution in [2.24, 2.45) is 0 Å². The number of anilines is 1. The normalized spacial score (nSPS) is 17.5. The predicted molar refractivity (Wildman–Crippen MR) is 118 cm³/mol. The molecule has 0 saturated carbocycles. The smallest absolute Gasteiger partial charge is 0.325 e. The number of ether oxygens (including phenoxy) is 2. The number of urea groups is 1. The number of nitrogens with one attached hydrogen (secondary N) is 2. The Morgan fingerprint density at radius 3 is 2.48 bits per heavy atom. The molecule has 2 aromatic carbocycles. The van der Waals surface area contributed by atoms with Gasteiger partial charge in [-0.2, -0.15) is 0 Å². The van der Waals surface area contributed by atoms with E-state index in [1.165, 1.54) is 31.2 Å². The molecule has 33 heavy (non-hydrogen) atoms. The van der Waals surface area contributed by atoms with Crippen molar-refractivity contribution in [2.75, 3.05) is 25.1 Å². The molecule has 0 bridgehead atoms. The molecule has 0 spiro atoms. The van der Waals surface area contributed by atoms with Crippen LogP contribution >= 0.6 is 0 Å². The number of hydrogen-bond acceptors (Lipinski definition) is 7. The molecule has 1 aliphatic rings. The van der Waals surface area contributed by atoms with Gasteiger partial charge in [0.2, 0.25) is 5.91 Å². The fraction of sp³-hybridized carbons (Fsp3) is 0.318. The maximum Gasteiger partial charge on any atom is 0.325 e. The van der Waals surface area contributed by atoms with E-state index in [0.717, 1.165) is 4.90 Å². The highest BCUT2D eigenvalue weighted by Crippen LogP contribution is 2.32. The maximum atomic E-state index is 13.0. The molecule has 1 unspecified atom stereocenters. The molecule has 3 rings (SSSR count). The summed E-state index contributed by atoms with van der Waals surface area (Å²) < 4.78 is 11.0. The molecular formula is C22H24N4O7. The summed E-state index contributed by atoms with van der Waals surface area (Å²) in [7, 11) is 0. The van der Waals surface area contributed by atoms with E-state index in [1.807, 2.05) is 13.8 Å². The Bertz CT molecular complexity index is 1100. The van der Waals surface area contributed by atoms with E-state index in [1.54, 1.807) is 18.2 Å². The van der Waals surface area contributed by atoms with Gasteiger partial charge in [-0.3, -0.25) is 24.6 Å². The highest BCUT2D eigenvalue weighted by Gasteiger charge is 2.49. The van der Waals surface area contributed by atoms with Crippen LogP contribution in [0.5, 0.6) is 11.5 Å². The van der Waals surface area contributed by atoms with E-state index in [9.17, 15) is 24.5 Å². The van der Waals surface area contributed by atoms with Crippen molar-refractivity contribution in [1.82, 2.24) is 10.2 Å². The average Bonchev–Trinajstić information content (AvgIpc) is 3.00. The van der Waals surface area contributed by atoms with E-state index >= 15 is 0 Å². The SMILES string of the molecule is CCOc1ccc(NC(=O)CN2C(=O)NC(C)(c3cccc([N+](=O)[O-])c3)C2=O)cc1OCC. The lowest BCUT2D eigenvalue weighted by atomic mass is 9.91. The molecule has 1 heterocycles. The first kappa shape index (κ1) is 23.5.